The largest absolute Gasteiger partial charge is 0.506 e. The Balaban J connectivity index is 2.02. The van der Waals surface area contributed by atoms with Gasteiger partial charge in [-0.05, 0) is 12.1 Å². The van der Waals surface area contributed by atoms with Crippen molar-refractivity contribution in [2.24, 2.45) is 5.41 Å². The van der Waals surface area contributed by atoms with Crippen molar-refractivity contribution in [3.63, 3.8) is 0 Å². The van der Waals surface area contributed by atoms with Crippen LogP contribution in [0.2, 0.25) is 0 Å². The quantitative estimate of drug-likeness (QED) is 0.895. The molecule has 1 N–H and O–H groups in total. The van der Waals surface area contributed by atoms with E-state index in [9.17, 15) is 17.9 Å². The minimum absolute atomic E-state index is 0.187. The summed E-state index contributed by atoms with van der Waals surface area (Å²) < 4.78 is 39.0. The first-order valence-electron chi connectivity index (χ1n) is 7.32. The molecule has 1 saturated heterocycles. The first kappa shape index (κ1) is 17.0. The summed E-state index contributed by atoms with van der Waals surface area (Å²) >= 11 is 0. The predicted molar refractivity (Wildman–Crippen MR) is 85.4 cm³/mol. The summed E-state index contributed by atoms with van der Waals surface area (Å²) in [6.45, 7) is 4.27. The van der Waals surface area contributed by atoms with Gasteiger partial charge in [0, 0.05) is 31.6 Å². The van der Waals surface area contributed by atoms with E-state index in [4.69, 9.17) is 0 Å². The van der Waals surface area contributed by atoms with E-state index in [1.165, 1.54) is 4.31 Å². The fraction of sp³-hybridized carbons (Fsp3) is 0.600. The predicted octanol–water partition coefficient (Wildman–Crippen LogP) is 1.84. The Morgan fingerprint density at radius 2 is 1.77 bits per heavy atom. The number of para-hydroxylation sites is 2. The van der Waals surface area contributed by atoms with Crippen molar-refractivity contribution in [1.29, 1.82) is 0 Å². The molecule has 7 heteroatoms. The van der Waals surface area contributed by atoms with Crippen LogP contribution in [0.15, 0.2) is 24.3 Å². The van der Waals surface area contributed by atoms with E-state index in [2.05, 4.69) is 0 Å². The third-order valence-electron chi connectivity index (χ3n) is 3.79. The van der Waals surface area contributed by atoms with Gasteiger partial charge in [-0.15, -0.1) is 0 Å². The number of hydrogen-bond donors (Lipinski definition) is 1. The minimum Gasteiger partial charge on any atom is -0.506 e. The Morgan fingerprint density at radius 3 is 2.32 bits per heavy atom. The Morgan fingerprint density at radius 1 is 1.18 bits per heavy atom. The van der Waals surface area contributed by atoms with Crippen LogP contribution >= 0.6 is 0 Å². The number of benzene rings is 1. The fourth-order valence-corrected chi connectivity index (χ4v) is 4.53. The zero-order valence-corrected chi connectivity index (χ0v) is 13.8. The third kappa shape index (κ3) is 3.89. The first-order chi connectivity index (χ1) is 10.2. The molecule has 1 aromatic rings. The highest BCUT2D eigenvalue weighted by molar-refractivity contribution is 7.89. The van der Waals surface area contributed by atoms with E-state index in [0.717, 1.165) is 0 Å². The fourth-order valence-electron chi connectivity index (χ4n) is 2.56. The van der Waals surface area contributed by atoms with E-state index in [-0.39, 0.29) is 11.5 Å². The maximum Gasteiger partial charge on any atom is 0.214 e. The number of alkyl halides is 1. The second-order valence-electron chi connectivity index (χ2n) is 6.43. The van der Waals surface area contributed by atoms with Crippen LogP contribution in [0.5, 0.6) is 5.75 Å². The summed E-state index contributed by atoms with van der Waals surface area (Å²) in [5.41, 5.74) is -0.156. The standard InChI is InChI=1S/C15H23FN2O3S/c1-15(2,11-16)12-22(20,21)18-9-7-17(8-10-18)13-5-3-4-6-14(13)19/h3-6,19H,7-12H2,1-2H3. The first-order valence-corrected chi connectivity index (χ1v) is 8.93. The summed E-state index contributed by atoms with van der Waals surface area (Å²) in [5, 5.41) is 9.86. The number of phenols is 1. The van der Waals surface area contributed by atoms with Crippen molar-refractivity contribution in [2.45, 2.75) is 13.8 Å². The van der Waals surface area contributed by atoms with Crippen LogP contribution < -0.4 is 4.90 Å². The van der Waals surface area contributed by atoms with Crippen LogP contribution in [0, 0.1) is 5.41 Å². The molecule has 22 heavy (non-hydrogen) atoms. The molecule has 1 aliphatic rings. The lowest BCUT2D eigenvalue weighted by atomic mass is 9.99. The highest BCUT2D eigenvalue weighted by Gasteiger charge is 2.33. The second-order valence-corrected chi connectivity index (χ2v) is 8.40. The van der Waals surface area contributed by atoms with Gasteiger partial charge in [0.25, 0.3) is 0 Å². The Labute approximate surface area is 131 Å². The normalized spacial score (nSPS) is 17.7. The van der Waals surface area contributed by atoms with Gasteiger partial charge >= 0.3 is 0 Å². The summed E-state index contributed by atoms with van der Waals surface area (Å²) in [4.78, 5) is 1.96. The monoisotopic (exact) mass is 330 g/mol. The molecule has 0 aromatic heterocycles. The van der Waals surface area contributed by atoms with Gasteiger partial charge in [0.2, 0.25) is 10.0 Å². The molecule has 0 atom stereocenters. The lowest BCUT2D eigenvalue weighted by Gasteiger charge is -2.36. The summed E-state index contributed by atoms with van der Waals surface area (Å²) in [6.07, 6.45) is 0. The molecule has 0 radical (unpaired) electrons. The molecular formula is C15H23FN2O3S. The minimum atomic E-state index is -3.46. The molecule has 124 valence electrons. The average Bonchev–Trinajstić information content (AvgIpc) is 2.47. The van der Waals surface area contributed by atoms with Crippen molar-refractivity contribution in [2.75, 3.05) is 43.5 Å². The summed E-state index contributed by atoms with van der Waals surface area (Å²) in [6, 6.07) is 7.01. The van der Waals surface area contributed by atoms with Gasteiger partial charge in [-0.25, -0.2) is 8.42 Å². The number of anilines is 1. The van der Waals surface area contributed by atoms with Crippen molar-refractivity contribution in [3.05, 3.63) is 24.3 Å². The van der Waals surface area contributed by atoms with Gasteiger partial charge in [-0.1, -0.05) is 26.0 Å². The maximum absolute atomic E-state index is 12.9. The number of sulfonamides is 1. The smallest absolute Gasteiger partial charge is 0.214 e. The molecule has 0 bridgehead atoms. The Hall–Kier alpha value is -1.34. The molecule has 0 unspecified atom stereocenters. The maximum atomic E-state index is 12.9. The zero-order valence-electron chi connectivity index (χ0n) is 13.0. The van der Waals surface area contributed by atoms with Gasteiger partial charge in [0.1, 0.15) is 5.75 Å². The lowest BCUT2D eigenvalue weighted by molar-refractivity contribution is 0.279. The van der Waals surface area contributed by atoms with Crippen LogP contribution in [0.25, 0.3) is 0 Å². The summed E-state index contributed by atoms with van der Waals surface area (Å²) in [7, 11) is -3.46. The molecule has 1 aliphatic heterocycles. The topological polar surface area (TPSA) is 60.9 Å². The van der Waals surface area contributed by atoms with E-state index in [1.807, 2.05) is 17.0 Å². The van der Waals surface area contributed by atoms with E-state index < -0.39 is 22.1 Å². The molecular weight excluding hydrogens is 307 g/mol. The van der Waals surface area contributed by atoms with E-state index >= 15 is 0 Å². The molecule has 0 amide bonds. The number of phenolic OH excluding ortho intramolecular Hbond substituents is 1. The summed E-state index contributed by atoms with van der Waals surface area (Å²) in [5.74, 6) is 0.00460. The highest BCUT2D eigenvalue weighted by Crippen LogP contribution is 2.28. The van der Waals surface area contributed by atoms with Crippen molar-refractivity contribution >= 4 is 15.7 Å². The molecule has 1 heterocycles. The van der Waals surface area contributed by atoms with E-state index in [1.54, 1.807) is 26.0 Å². The van der Waals surface area contributed by atoms with Gasteiger partial charge in [0.05, 0.1) is 18.1 Å². The van der Waals surface area contributed by atoms with Crippen LogP contribution in [-0.4, -0.2) is 56.4 Å². The van der Waals surface area contributed by atoms with Gasteiger partial charge in [-0.3, -0.25) is 4.39 Å². The molecule has 0 saturated carbocycles. The van der Waals surface area contributed by atoms with Crippen LogP contribution in [0.3, 0.4) is 0 Å². The number of nitrogens with zero attached hydrogens (tertiary/aromatic N) is 2. The van der Waals surface area contributed by atoms with Crippen LogP contribution in [0.1, 0.15) is 13.8 Å². The Bertz CT molecular complexity index is 611. The molecule has 0 spiro atoms. The average molecular weight is 330 g/mol. The van der Waals surface area contributed by atoms with Gasteiger partial charge < -0.3 is 10.0 Å². The van der Waals surface area contributed by atoms with Crippen molar-refractivity contribution in [3.8, 4) is 5.75 Å². The van der Waals surface area contributed by atoms with Gasteiger partial charge in [-0.2, -0.15) is 4.31 Å². The van der Waals surface area contributed by atoms with Crippen LogP contribution in [0.4, 0.5) is 10.1 Å². The number of hydrogen-bond acceptors (Lipinski definition) is 4. The van der Waals surface area contributed by atoms with Gasteiger partial charge in [0.15, 0.2) is 0 Å². The lowest BCUT2D eigenvalue weighted by Crippen LogP contribution is -2.50. The highest BCUT2D eigenvalue weighted by atomic mass is 32.2. The molecule has 1 fully saturated rings. The number of rotatable bonds is 5. The molecule has 5 nitrogen and oxygen atoms in total. The van der Waals surface area contributed by atoms with Crippen molar-refractivity contribution < 1.29 is 17.9 Å². The van der Waals surface area contributed by atoms with Crippen molar-refractivity contribution in [1.82, 2.24) is 4.31 Å². The third-order valence-corrected chi connectivity index (χ3v) is 6.09. The van der Waals surface area contributed by atoms with Crippen LogP contribution in [-0.2, 0) is 10.0 Å². The molecule has 1 aromatic carbocycles. The zero-order chi connectivity index (χ0) is 16.4. The Kier molecular flexibility index (Phi) is 4.97. The molecule has 0 aliphatic carbocycles. The number of halogens is 1. The number of aromatic hydroxyl groups is 1. The second kappa shape index (κ2) is 6.42. The number of piperazine rings is 1. The molecule has 2 rings (SSSR count). The van der Waals surface area contributed by atoms with E-state index in [0.29, 0.717) is 31.9 Å². The SMILES string of the molecule is CC(C)(CF)CS(=O)(=O)N1CCN(c2ccccc2O)CC1.